The van der Waals surface area contributed by atoms with E-state index in [1.54, 1.807) is 7.05 Å². The van der Waals surface area contributed by atoms with Gasteiger partial charge in [0, 0.05) is 42.5 Å². The van der Waals surface area contributed by atoms with Gasteiger partial charge in [0.15, 0.2) is 0 Å². The minimum atomic E-state index is 0.365. The highest BCUT2D eigenvalue weighted by Gasteiger charge is 2.24. The van der Waals surface area contributed by atoms with E-state index in [0.717, 1.165) is 41.1 Å². The molecule has 0 unspecified atom stereocenters. The van der Waals surface area contributed by atoms with E-state index >= 15 is 0 Å². The summed E-state index contributed by atoms with van der Waals surface area (Å²) in [5.74, 6) is 0.751. The Labute approximate surface area is 153 Å². The molecule has 1 aromatic heterocycles. The summed E-state index contributed by atoms with van der Waals surface area (Å²) in [5, 5.41) is 17.2. The molecule has 0 aliphatic carbocycles. The molecule has 26 heavy (non-hydrogen) atoms. The van der Waals surface area contributed by atoms with Gasteiger partial charge >= 0.3 is 0 Å². The predicted molar refractivity (Wildman–Crippen MR) is 106 cm³/mol. The smallest absolute Gasteiger partial charge is 0.134 e. The largest absolute Gasteiger partial charge is 0.378 e. The Bertz CT molecular complexity index is 902. The van der Waals surface area contributed by atoms with Gasteiger partial charge < -0.3 is 9.64 Å². The van der Waals surface area contributed by atoms with Gasteiger partial charge in [-0.05, 0) is 26.6 Å². The molecule has 0 spiro atoms. The van der Waals surface area contributed by atoms with Crippen LogP contribution in [0.2, 0.25) is 0 Å². The van der Waals surface area contributed by atoms with Crippen molar-refractivity contribution in [3.63, 3.8) is 0 Å². The van der Waals surface area contributed by atoms with Crippen LogP contribution in [0, 0.1) is 12.3 Å². The summed E-state index contributed by atoms with van der Waals surface area (Å²) in [4.78, 5) is 10.7. The number of allylic oxidation sites excluding steroid dienone is 1. The van der Waals surface area contributed by atoms with E-state index in [-0.39, 0.29) is 0 Å². The van der Waals surface area contributed by atoms with Gasteiger partial charge in [-0.3, -0.25) is 20.5 Å². The maximum absolute atomic E-state index is 8.83. The summed E-state index contributed by atoms with van der Waals surface area (Å²) in [6, 6.07) is 5.85. The van der Waals surface area contributed by atoms with Crippen LogP contribution in [0.3, 0.4) is 0 Å². The molecule has 1 aliphatic heterocycles. The Kier molecular flexibility index (Phi) is 5.27. The van der Waals surface area contributed by atoms with E-state index in [1.165, 1.54) is 0 Å². The number of rotatable bonds is 4. The average molecular weight is 352 g/mol. The Morgan fingerprint density at radius 2 is 2.08 bits per heavy atom. The number of hydrogen-bond acceptors (Lipinski definition) is 5. The summed E-state index contributed by atoms with van der Waals surface area (Å²) >= 11 is 0. The van der Waals surface area contributed by atoms with Gasteiger partial charge in [0.25, 0.3) is 0 Å². The van der Waals surface area contributed by atoms with Crippen LogP contribution >= 0.6 is 0 Å². The van der Waals surface area contributed by atoms with E-state index in [1.807, 2.05) is 32.0 Å². The lowest BCUT2D eigenvalue weighted by atomic mass is 9.98. The molecule has 7 heteroatoms. The van der Waals surface area contributed by atoms with E-state index in [2.05, 4.69) is 31.8 Å². The monoisotopic (exact) mass is 352 g/mol. The zero-order chi connectivity index (χ0) is 18.7. The van der Waals surface area contributed by atoms with Gasteiger partial charge in [-0.2, -0.15) is 5.10 Å². The van der Waals surface area contributed by atoms with Crippen molar-refractivity contribution in [1.82, 2.24) is 15.1 Å². The van der Waals surface area contributed by atoms with Crippen molar-refractivity contribution < 1.29 is 4.74 Å². The first-order valence-electron chi connectivity index (χ1n) is 8.58. The quantitative estimate of drug-likeness (QED) is 0.654. The fourth-order valence-electron chi connectivity index (χ4n) is 3.17. The molecule has 1 fully saturated rings. The van der Waals surface area contributed by atoms with Crippen molar-refractivity contribution in [2.24, 2.45) is 9.98 Å². The van der Waals surface area contributed by atoms with Crippen LogP contribution in [0.4, 0.5) is 0 Å². The number of nitrogens with zero attached hydrogens (tertiary/aromatic N) is 4. The molecule has 0 bridgehead atoms. The molecule has 0 saturated carbocycles. The van der Waals surface area contributed by atoms with Gasteiger partial charge in [0.05, 0.1) is 30.0 Å². The number of aromatic amines is 1. The first-order chi connectivity index (χ1) is 12.6. The second-order valence-corrected chi connectivity index (χ2v) is 6.22. The van der Waals surface area contributed by atoms with Crippen LogP contribution in [0.15, 0.2) is 39.5 Å². The van der Waals surface area contributed by atoms with Crippen molar-refractivity contribution >= 4 is 29.2 Å². The molecule has 2 aromatic rings. The molecule has 1 aliphatic rings. The molecule has 2 N–H and O–H groups in total. The Morgan fingerprint density at radius 3 is 2.73 bits per heavy atom. The first-order valence-corrected chi connectivity index (χ1v) is 8.58. The molecule has 1 aromatic carbocycles. The molecule has 0 radical (unpaired) electrons. The number of ether oxygens (including phenoxy) is 1. The minimum absolute atomic E-state index is 0.365. The number of fused-ring (bicyclic) bond motifs is 1. The summed E-state index contributed by atoms with van der Waals surface area (Å²) in [5.41, 5.74) is 4.37. The Balaban J connectivity index is 2.03. The molecule has 136 valence electrons. The maximum Gasteiger partial charge on any atom is 0.134 e. The number of morpholine rings is 1. The molecule has 0 amide bonds. The predicted octanol–water partition coefficient (Wildman–Crippen LogP) is 2.57. The Hall–Kier alpha value is -2.80. The van der Waals surface area contributed by atoms with Gasteiger partial charge in [0.1, 0.15) is 5.84 Å². The zero-order valence-corrected chi connectivity index (χ0v) is 15.5. The normalized spacial score (nSPS) is 16.6. The second kappa shape index (κ2) is 7.61. The van der Waals surface area contributed by atoms with Gasteiger partial charge in [-0.15, -0.1) is 0 Å². The lowest BCUT2D eigenvalue weighted by Crippen LogP contribution is -2.43. The average Bonchev–Trinajstić information content (AvgIpc) is 3.06. The van der Waals surface area contributed by atoms with Crippen LogP contribution in [0.25, 0.3) is 10.9 Å². The highest BCUT2D eigenvalue weighted by atomic mass is 16.5. The van der Waals surface area contributed by atoms with Crippen LogP contribution in [0.5, 0.6) is 0 Å². The van der Waals surface area contributed by atoms with Crippen molar-refractivity contribution in [2.75, 3.05) is 33.4 Å². The fraction of sp³-hybridized carbons (Fsp3) is 0.368. The van der Waals surface area contributed by atoms with E-state index in [0.29, 0.717) is 30.2 Å². The number of benzene rings is 1. The summed E-state index contributed by atoms with van der Waals surface area (Å²) in [6.45, 7) is 10.3. The summed E-state index contributed by atoms with van der Waals surface area (Å²) in [7, 11) is 1.74. The minimum Gasteiger partial charge on any atom is -0.378 e. The topological polar surface area (TPSA) is 89.7 Å². The third-order valence-electron chi connectivity index (χ3n) is 4.63. The van der Waals surface area contributed by atoms with E-state index < -0.39 is 0 Å². The summed E-state index contributed by atoms with van der Waals surface area (Å²) in [6.07, 6.45) is 0. The Morgan fingerprint density at radius 1 is 1.35 bits per heavy atom. The highest BCUT2D eigenvalue weighted by molar-refractivity contribution is 6.29. The molecular weight excluding hydrogens is 328 g/mol. The maximum atomic E-state index is 8.83. The van der Waals surface area contributed by atoms with Crippen LogP contribution < -0.4 is 0 Å². The van der Waals surface area contributed by atoms with Gasteiger partial charge in [-0.1, -0.05) is 12.1 Å². The van der Waals surface area contributed by atoms with Gasteiger partial charge in [-0.25, -0.2) is 0 Å². The van der Waals surface area contributed by atoms with Crippen LogP contribution in [-0.4, -0.2) is 66.7 Å². The van der Waals surface area contributed by atoms with Crippen LogP contribution in [0.1, 0.15) is 18.2 Å². The number of aliphatic imine (C=N–C) groups is 2. The number of aryl methyl sites for hydroxylation is 1. The molecule has 0 atom stereocenters. The zero-order valence-electron chi connectivity index (χ0n) is 15.5. The molecule has 2 heterocycles. The van der Waals surface area contributed by atoms with Crippen molar-refractivity contribution in [1.29, 1.82) is 5.41 Å². The number of amidine groups is 1. The first kappa shape index (κ1) is 18.0. The number of H-pyrrole nitrogens is 1. The SMILES string of the molecule is C=N/C(C)=C(/C(=N)c1ccc2c(C)[nH]nc2c1)C(=NC)N1CCOCC1. The standard InChI is InChI=1S/C19H24N6O/c1-12-15-6-5-14(11-16(15)24-23-12)18(20)17(13(2)21-3)19(22-4)25-7-9-26-10-8-25/h5-6,11,20H,3,7-10H2,1-2,4H3,(H,23,24)/b17-13-,20-18?,22-19?. The summed E-state index contributed by atoms with van der Waals surface area (Å²) < 4.78 is 5.44. The fourth-order valence-corrected chi connectivity index (χ4v) is 3.17. The molecule has 7 nitrogen and oxygen atoms in total. The van der Waals surface area contributed by atoms with E-state index in [4.69, 9.17) is 10.1 Å². The van der Waals surface area contributed by atoms with Crippen LogP contribution in [-0.2, 0) is 4.74 Å². The third-order valence-corrected chi connectivity index (χ3v) is 4.63. The van der Waals surface area contributed by atoms with Crippen molar-refractivity contribution in [2.45, 2.75) is 13.8 Å². The third kappa shape index (κ3) is 3.30. The highest BCUT2D eigenvalue weighted by Crippen LogP contribution is 2.22. The molecule has 1 saturated heterocycles. The number of nitrogens with one attached hydrogen (secondary N) is 2. The van der Waals surface area contributed by atoms with E-state index in [9.17, 15) is 0 Å². The lowest BCUT2D eigenvalue weighted by molar-refractivity contribution is 0.0682. The number of aromatic nitrogens is 2. The molecular formula is C19H24N6O. The van der Waals surface area contributed by atoms with Gasteiger partial charge in [0.2, 0.25) is 0 Å². The lowest BCUT2D eigenvalue weighted by Gasteiger charge is -2.31. The van der Waals surface area contributed by atoms with Crippen molar-refractivity contribution in [3.8, 4) is 0 Å². The number of hydrogen-bond donors (Lipinski definition) is 2. The van der Waals surface area contributed by atoms with Crippen molar-refractivity contribution in [3.05, 3.63) is 40.7 Å². The molecule has 3 rings (SSSR count). The second-order valence-electron chi connectivity index (χ2n) is 6.22.